The van der Waals surface area contributed by atoms with Crippen LogP contribution in [0.25, 0.3) is 0 Å². The molecule has 0 unspecified atom stereocenters. The summed E-state index contributed by atoms with van der Waals surface area (Å²) in [6.45, 7) is 5.42. The second-order valence-electron chi connectivity index (χ2n) is 3.53. The summed E-state index contributed by atoms with van der Waals surface area (Å²) in [6, 6.07) is 3.02. The molecule has 0 aromatic carbocycles. The van der Waals surface area contributed by atoms with Crippen molar-refractivity contribution in [2.75, 3.05) is 29.5 Å². The molecule has 110 valence electrons. The zero-order valence-corrected chi connectivity index (χ0v) is 11.5. The summed E-state index contributed by atoms with van der Waals surface area (Å²) in [7, 11) is -4.68. The van der Waals surface area contributed by atoms with Crippen LogP contribution in [0, 0.1) is 0 Å². The monoisotopic (exact) mass is 294 g/mol. The fourth-order valence-electron chi connectivity index (χ4n) is 1.56. The zero-order valence-electron chi connectivity index (χ0n) is 10.6. The van der Waals surface area contributed by atoms with Crippen LogP contribution in [-0.2, 0) is 10.4 Å². The molecule has 0 spiro atoms. The molecule has 1 rings (SSSR count). The fraction of sp³-hybridized carbons (Fsp3) is 0.444. The van der Waals surface area contributed by atoms with E-state index in [4.69, 9.17) is 16.0 Å². The molecule has 10 heteroatoms. The van der Waals surface area contributed by atoms with Gasteiger partial charge in [0.1, 0.15) is 0 Å². The van der Waals surface area contributed by atoms with Crippen molar-refractivity contribution in [3.63, 3.8) is 0 Å². The minimum atomic E-state index is -4.68. The smallest absolute Gasteiger partial charge is 0.476 e. The van der Waals surface area contributed by atoms with E-state index in [2.05, 4.69) is 4.28 Å². The SMILES string of the molecule is CCN(CC)c1cc(N)[n+](OS(=O)(=O)O)c(N)c1.[OH-]. The van der Waals surface area contributed by atoms with Crippen LogP contribution in [0.5, 0.6) is 0 Å². The number of nitrogen functional groups attached to an aromatic ring is 2. The summed E-state index contributed by atoms with van der Waals surface area (Å²) in [5.74, 6) is -0.0657. The maximum absolute atomic E-state index is 10.6. The lowest BCUT2D eigenvalue weighted by Gasteiger charge is -2.21. The Labute approximate surface area is 111 Å². The van der Waals surface area contributed by atoms with Gasteiger partial charge < -0.3 is 21.8 Å². The first-order chi connectivity index (χ1) is 8.28. The van der Waals surface area contributed by atoms with E-state index in [0.29, 0.717) is 4.73 Å². The number of anilines is 3. The maximum atomic E-state index is 10.6. The molecule has 0 amide bonds. The summed E-state index contributed by atoms with van der Waals surface area (Å²) < 4.78 is 34.7. The fourth-order valence-corrected chi connectivity index (χ4v) is 1.92. The average molecular weight is 294 g/mol. The first kappa shape index (κ1) is 17.2. The van der Waals surface area contributed by atoms with Gasteiger partial charge in [0.05, 0.1) is 5.69 Å². The molecule has 1 aromatic heterocycles. The minimum Gasteiger partial charge on any atom is -0.870 e. The molecule has 0 saturated heterocycles. The first-order valence-corrected chi connectivity index (χ1v) is 6.68. The Morgan fingerprint density at radius 2 is 1.68 bits per heavy atom. The summed E-state index contributed by atoms with van der Waals surface area (Å²) in [5, 5.41) is 0. The Kier molecular flexibility index (Phi) is 5.81. The van der Waals surface area contributed by atoms with Crippen molar-refractivity contribution in [2.45, 2.75) is 13.8 Å². The number of hydrogen-bond acceptors (Lipinski definition) is 7. The van der Waals surface area contributed by atoms with E-state index in [1.54, 1.807) is 0 Å². The number of hydrogen-bond donors (Lipinski definition) is 3. The van der Waals surface area contributed by atoms with Crippen molar-refractivity contribution in [3.05, 3.63) is 12.1 Å². The van der Waals surface area contributed by atoms with Gasteiger partial charge in [0.25, 0.3) is 11.6 Å². The van der Waals surface area contributed by atoms with Crippen LogP contribution in [0.1, 0.15) is 13.8 Å². The second kappa shape index (κ2) is 6.41. The lowest BCUT2D eigenvalue weighted by atomic mass is 10.3. The van der Waals surface area contributed by atoms with Crippen molar-refractivity contribution >= 4 is 27.7 Å². The van der Waals surface area contributed by atoms with Gasteiger partial charge in [-0.3, -0.25) is 4.55 Å². The van der Waals surface area contributed by atoms with Crippen molar-refractivity contribution in [2.24, 2.45) is 0 Å². The number of rotatable bonds is 5. The van der Waals surface area contributed by atoms with Crippen LogP contribution in [0.15, 0.2) is 12.1 Å². The summed E-state index contributed by atoms with van der Waals surface area (Å²) in [6.07, 6.45) is 0. The summed E-state index contributed by atoms with van der Waals surface area (Å²) in [4.78, 5) is 1.98. The average Bonchev–Trinajstić information content (AvgIpc) is 2.24. The van der Waals surface area contributed by atoms with Crippen LogP contribution in [0.2, 0.25) is 0 Å². The third-order valence-corrected chi connectivity index (χ3v) is 2.70. The van der Waals surface area contributed by atoms with E-state index < -0.39 is 10.4 Å². The molecule has 9 nitrogen and oxygen atoms in total. The second-order valence-corrected chi connectivity index (χ2v) is 4.54. The Morgan fingerprint density at radius 3 is 2.00 bits per heavy atom. The molecule has 0 aliphatic rings. The lowest BCUT2D eigenvalue weighted by molar-refractivity contribution is -0.833. The molecule has 0 fully saturated rings. The molecular weight excluding hydrogens is 276 g/mol. The molecule has 19 heavy (non-hydrogen) atoms. The molecule has 0 aliphatic heterocycles. The minimum absolute atomic E-state index is 0. The largest absolute Gasteiger partial charge is 0.870 e. The molecule has 0 saturated carbocycles. The van der Waals surface area contributed by atoms with Gasteiger partial charge in [0, 0.05) is 25.2 Å². The van der Waals surface area contributed by atoms with Crippen molar-refractivity contribution in [1.29, 1.82) is 0 Å². The molecule has 0 bridgehead atoms. The summed E-state index contributed by atoms with van der Waals surface area (Å²) in [5.41, 5.74) is 12.0. The Bertz CT molecular complexity index is 506. The van der Waals surface area contributed by atoms with E-state index in [1.165, 1.54) is 12.1 Å². The molecule has 0 radical (unpaired) electrons. The van der Waals surface area contributed by atoms with E-state index in [-0.39, 0.29) is 17.1 Å². The van der Waals surface area contributed by atoms with Gasteiger partial charge in [0.2, 0.25) is 0 Å². The number of aromatic nitrogens is 1. The third-order valence-electron chi connectivity index (χ3n) is 2.36. The van der Waals surface area contributed by atoms with Crippen LogP contribution in [0.4, 0.5) is 17.3 Å². The number of nitrogens with zero attached hydrogens (tertiary/aromatic N) is 2. The van der Waals surface area contributed by atoms with Crippen LogP contribution >= 0.6 is 0 Å². The Hall–Kier alpha value is -1.78. The predicted molar refractivity (Wildman–Crippen MR) is 69.1 cm³/mol. The van der Waals surface area contributed by atoms with Crippen molar-refractivity contribution in [3.8, 4) is 0 Å². The van der Waals surface area contributed by atoms with E-state index in [0.717, 1.165) is 18.8 Å². The van der Waals surface area contributed by atoms with Gasteiger partial charge in [-0.15, -0.1) is 0 Å². The number of pyridine rings is 1. The van der Waals surface area contributed by atoms with Crippen LogP contribution < -0.4 is 25.4 Å². The van der Waals surface area contributed by atoms with E-state index >= 15 is 0 Å². The molecule has 0 atom stereocenters. The van der Waals surface area contributed by atoms with Gasteiger partial charge in [-0.1, -0.05) is 0 Å². The van der Waals surface area contributed by atoms with Gasteiger partial charge in [-0.2, -0.15) is 8.42 Å². The number of nitrogens with two attached hydrogens (primary N) is 2. The first-order valence-electron chi connectivity index (χ1n) is 5.31. The highest BCUT2D eigenvalue weighted by atomic mass is 32.3. The van der Waals surface area contributed by atoms with Gasteiger partial charge in [-0.05, 0) is 18.6 Å². The van der Waals surface area contributed by atoms with Gasteiger partial charge >= 0.3 is 10.4 Å². The lowest BCUT2D eigenvalue weighted by Crippen LogP contribution is -2.50. The highest BCUT2D eigenvalue weighted by Gasteiger charge is 2.19. The quantitative estimate of drug-likeness (QED) is 0.463. The Balaban J connectivity index is 0.00000324. The molecule has 1 aromatic rings. The van der Waals surface area contributed by atoms with Crippen molar-refractivity contribution < 1.29 is 27.5 Å². The maximum Gasteiger partial charge on any atom is 0.476 e. The van der Waals surface area contributed by atoms with Crippen molar-refractivity contribution in [1.82, 2.24) is 0 Å². The Morgan fingerprint density at radius 1 is 1.26 bits per heavy atom. The molecule has 6 N–H and O–H groups in total. The van der Waals surface area contributed by atoms with Gasteiger partial charge in [0.15, 0.2) is 0 Å². The highest BCUT2D eigenvalue weighted by Crippen LogP contribution is 2.17. The van der Waals surface area contributed by atoms with Crippen LogP contribution in [-0.4, -0.2) is 31.5 Å². The van der Waals surface area contributed by atoms with Gasteiger partial charge in [-0.25, -0.2) is 4.28 Å². The van der Waals surface area contributed by atoms with Crippen LogP contribution in [0.3, 0.4) is 0 Å². The molecule has 1 heterocycles. The highest BCUT2D eigenvalue weighted by molar-refractivity contribution is 7.80. The summed E-state index contributed by atoms with van der Waals surface area (Å²) >= 11 is 0. The van der Waals surface area contributed by atoms with E-state index in [9.17, 15) is 8.42 Å². The third kappa shape index (κ3) is 4.43. The zero-order chi connectivity index (χ0) is 13.9. The molecule has 0 aliphatic carbocycles. The molecular formula is C9H18N4O5S. The standard InChI is InChI=1S/C9H16N4O4S.H2O/c1-3-12(4-2)7-5-8(10)13(9(11)6-7)17-18(14,15)16;/h5-6H,3-4H2,1-2H3,(H4,10,11,14,15,16);1H2. The predicted octanol–water partition coefficient (Wildman–Crippen LogP) is -0.961. The topological polar surface area (TPSA) is 153 Å². The normalized spacial score (nSPS) is 10.7. The van der Waals surface area contributed by atoms with E-state index in [1.807, 2.05) is 18.7 Å².